The first kappa shape index (κ1) is 11.9. The van der Waals surface area contributed by atoms with Gasteiger partial charge in [-0.1, -0.05) is 0 Å². The third kappa shape index (κ3) is 3.87. The molecule has 0 aliphatic rings. The number of rotatable bonds is 4. The molecule has 0 spiro atoms. The second kappa shape index (κ2) is 4.79. The summed E-state index contributed by atoms with van der Waals surface area (Å²) < 4.78 is 22.0. The van der Waals surface area contributed by atoms with Gasteiger partial charge >= 0.3 is 11.9 Å². The predicted molar refractivity (Wildman–Crippen MR) is 42.8 cm³/mol. The Morgan fingerprint density at radius 2 is 2.00 bits per heavy atom. The van der Waals surface area contributed by atoms with Crippen LogP contribution >= 0.6 is 0 Å². The molecule has 0 saturated carbocycles. The highest BCUT2D eigenvalue weighted by atomic mass is 19.1. The number of hydrogen-bond acceptors (Lipinski definition) is 4. The zero-order valence-electron chi connectivity index (χ0n) is 7.93. The van der Waals surface area contributed by atoms with Crippen molar-refractivity contribution in [1.29, 1.82) is 0 Å². The minimum absolute atomic E-state index is 0.0829. The van der Waals surface area contributed by atoms with Gasteiger partial charge in [0, 0.05) is 0 Å². The van der Waals surface area contributed by atoms with Crippen molar-refractivity contribution in [3.05, 3.63) is 0 Å². The molecule has 0 radical (unpaired) electrons. The van der Waals surface area contributed by atoms with Crippen LogP contribution in [-0.4, -0.2) is 31.3 Å². The molecule has 0 aromatic rings. The van der Waals surface area contributed by atoms with E-state index in [2.05, 4.69) is 9.47 Å². The van der Waals surface area contributed by atoms with Crippen molar-refractivity contribution in [3.8, 4) is 0 Å². The highest BCUT2D eigenvalue weighted by molar-refractivity contribution is 5.85. The maximum Gasteiger partial charge on any atom is 0.344 e. The molecule has 0 saturated heterocycles. The number of carbonyl (C=O) groups excluding carboxylic acids is 2. The molecule has 76 valence electrons. The lowest BCUT2D eigenvalue weighted by atomic mass is 10.1. The monoisotopic (exact) mass is 192 g/mol. The minimum atomic E-state index is -2.30. The summed E-state index contributed by atoms with van der Waals surface area (Å²) in [7, 11) is 1.13. The van der Waals surface area contributed by atoms with Crippen LogP contribution in [0.2, 0.25) is 0 Å². The lowest BCUT2D eigenvalue weighted by Crippen LogP contribution is -2.35. The average Bonchev–Trinajstić information content (AvgIpc) is 2.04. The molecular formula is C8H13FO4. The first-order chi connectivity index (χ1) is 5.94. The fourth-order valence-corrected chi connectivity index (χ4v) is 0.697. The fraction of sp³-hybridized carbons (Fsp3) is 0.750. The van der Waals surface area contributed by atoms with E-state index in [9.17, 15) is 14.0 Å². The topological polar surface area (TPSA) is 52.6 Å². The van der Waals surface area contributed by atoms with Gasteiger partial charge in [-0.05, 0) is 13.8 Å². The molecule has 0 bridgehead atoms. The molecule has 0 amide bonds. The Balaban J connectivity index is 4.21. The molecule has 13 heavy (non-hydrogen) atoms. The van der Waals surface area contributed by atoms with Crippen LogP contribution in [0, 0.1) is 0 Å². The van der Waals surface area contributed by atoms with E-state index in [1.807, 2.05) is 0 Å². The zero-order chi connectivity index (χ0) is 10.5. The maximum absolute atomic E-state index is 13.3. The summed E-state index contributed by atoms with van der Waals surface area (Å²) in [5, 5.41) is 0. The van der Waals surface area contributed by atoms with Gasteiger partial charge in [0.2, 0.25) is 5.67 Å². The summed E-state index contributed by atoms with van der Waals surface area (Å²) in [4.78, 5) is 21.6. The molecule has 0 aliphatic carbocycles. The minimum Gasteiger partial charge on any atom is -0.469 e. The van der Waals surface area contributed by atoms with Crippen LogP contribution in [0.1, 0.15) is 20.3 Å². The van der Waals surface area contributed by atoms with Gasteiger partial charge in [-0.15, -0.1) is 0 Å². The summed E-state index contributed by atoms with van der Waals surface area (Å²) in [6.07, 6.45) is -0.623. The number of methoxy groups -OCH3 is 1. The van der Waals surface area contributed by atoms with Crippen LogP contribution in [0.15, 0.2) is 0 Å². The number of alkyl halides is 1. The first-order valence-corrected chi connectivity index (χ1v) is 3.87. The van der Waals surface area contributed by atoms with E-state index in [1.165, 1.54) is 0 Å². The van der Waals surface area contributed by atoms with Crippen LogP contribution < -0.4 is 0 Å². The van der Waals surface area contributed by atoms with Crippen LogP contribution in [0.25, 0.3) is 0 Å². The number of hydrogen-bond donors (Lipinski definition) is 0. The molecule has 0 fully saturated rings. The summed E-state index contributed by atoms with van der Waals surface area (Å²) in [5.74, 6) is -1.82. The highest BCUT2D eigenvalue weighted by Crippen LogP contribution is 2.17. The lowest BCUT2D eigenvalue weighted by Gasteiger charge is -2.16. The molecule has 1 atom stereocenters. The van der Waals surface area contributed by atoms with Gasteiger partial charge in [-0.2, -0.15) is 0 Å². The van der Waals surface area contributed by atoms with Crippen molar-refractivity contribution in [2.75, 3.05) is 13.7 Å². The molecule has 4 nitrogen and oxygen atoms in total. The number of halogens is 1. The third-order valence-electron chi connectivity index (χ3n) is 1.41. The number of ether oxygens (including phenoxy) is 2. The summed E-state index contributed by atoms with van der Waals surface area (Å²) >= 11 is 0. The predicted octanol–water partition coefficient (Wildman–Crippen LogP) is 0.841. The van der Waals surface area contributed by atoms with Crippen LogP contribution in [0.5, 0.6) is 0 Å². The Bertz CT molecular complexity index is 200. The molecule has 0 aliphatic heterocycles. The van der Waals surface area contributed by atoms with E-state index in [-0.39, 0.29) is 6.61 Å². The van der Waals surface area contributed by atoms with E-state index in [1.54, 1.807) is 6.92 Å². The Labute approximate surface area is 76.0 Å². The van der Waals surface area contributed by atoms with E-state index in [0.717, 1.165) is 14.0 Å². The van der Waals surface area contributed by atoms with Crippen molar-refractivity contribution in [3.63, 3.8) is 0 Å². The van der Waals surface area contributed by atoms with E-state index in [4.69, 9.17) is 0 Å². The number of esters is 2. The first-order valence-electron chi connectivity index (χ1n) is 3.87. The standard InChI is InChI=1S/C8H13FO4/c1-4-13-7(11)8(2,9)5-6(10)12-3/h4-5H2,1-3H3. The van der Waals surface area contributed by atoms with Crippen molar-refractivity contribution >= 4 is 11.9 Å². The van der Waals surface area contributed by atoms with Gasteiger partial charge in [-0.3, -0.25) is 4.79 Å². The fourth-order valence-electron chi connectivity index (χ4n) is 0.697. The summed E-state index contributed by atoms with van der Waals surface area (Å²) in [6, 6.07) is 0. The Kier molecular flexibility index (Phi) is 4.37. The molecule has 0 aromatic heterocycles. The molecule has 1 unspecified atom stereocenters. The van der Waals surface area contributed by atoms with Gasteiger partial charge in [0.25, 0.3) is 0 Å². The van der Waals surface area contributed by atoms with Gasteiger partial charge < -0.3 is 9.47 Å². The largest absolute Gasteiger partial charge is 0.469 e. The average molecular weight is 192 g/mol. The Morgan fingerprint density at radius 1 is 1.46 bits per heavy atom. The van der Waals surface area contributed by atoms with E-state index >= 15 is 0 Å². The Hall–Kier alpha value is -1.13. The molecule has 0 aromatic carbocycles. The highest BCUT2D eigenvalue weighted by Gasteiger charge is 2.37. The third-order valence-corrected chi connectivity index (χ3v) is 1.41. The van der Waals surface area contributed by atoms with Crippen molar-refractivity contribution in [1.82, 2.24) is 0 Å². The zero-order valence-corrected chi connectivity index (χ0v) is 7.93. The summed E-state index contributed by atoms with van der Waals surface area (Å²) in [6.45, 7) is 2.63. The molecular weight excluding hydrogens is 179 g/mol. The SMILES string of the molecule is CCOC(=O)C(C)(F)CC(=O)OC. The molecule has 0 rings (SSSR count). The summed E-state index contributed by atoms with van der Waals surface area (Å²) in [5.41, 5.74) is -2.30. The maximum atomic E-state index is 13.3. The van der Waals surface area contributed by atoms with Gasteiger partial charge in [-0.25, -0.2) is 9.18 Å². The van der Waals surface area contributed by atoms with E-state index < -0.39 is 24.0 Å². The molecule has 5 heteroatoms. The van der Waals surface area contributed by atoms with Crippen LogP contribution in [0.3, 0.4) is 0 Å². The number of carbonyl (C=O) groups is 2. The Morgan fingerprint density at radius 3 is 2.38 bits per heavy atom. The van der Waals surface area contributed by atoms with Crippen molar-refractivity contribution in [2.24, 2.45) is 0 Å². The van der Waals surface area contributed by atoms with Gasteiger partial charge in [0.15, 0.2) is 0 Å². The molecule has 0 heterocycles. The van der Waals surface area contributed by atoms with Crippen LogP contribution in [-0.2, 0) is 19.1 Å². The second-order valence-electron chi connectivity index (χ2n) is 2.67. The normalized spacial score (nSPS) is 14.5. The van der Waals surface area contributed by atoms with Crippen molar-refractivity contribution < 1.29 is 23.5 Å². The van der Waals surface area contributed by atoms with Gasteiger partial charge in [0.1, 0.15) is 0 Å². The van der Waals surface area contributed by atoms with E-state index in [0.29, 0.717) is 0 Å². The lowest BCUT2D eigenvalue weighted by molar-refractivity contribution is -0.162. The smallest absolute Gasteiger partial charge is 0.344 e. The molecule has 0 N–H and O–H groups in total. The second-order valence-corrected chi connectivity index (χ2v) is 2.67. The van der Waals surface area contributed by atoms with Crippen molar-refractivity contribution in [2.45, 2.75) is 25.9 Å². The quantitative estimate of drug-likeness (QED) is 0.619. The van der Waals surface area contributed by atoms with Gasteiger partial charge in [0.05, 0.1) is 20.1 Å². The van der Waals surface area contributed by atoms with Crippen LogP contribution in [0.4, 0.5) is 4.39 Å².